The number of nitrogens with zero attached hydrogens (tertiary/aromatic N) is 4. The Kier molecular flexibility index (Phi) is 3.89. The van der Waals surface area contributed by atoms with Crippen molar-refractivity contribution in [3.63, 3.8) is 0 Å². The fourth-order valence-corrected chi connectivity index (χ4v) is 2.46. The Bertz CT molecular complexity index is 910. The lowest BCUT2D eigenvalue weighted by atomic mass is 10.1. The summed E-state index contributed by atoms with van der Waals surface area (Å²) in [6.07, 6.45) is 3.44. The van der Waals surface area contributed by atoms with Gasteiger partial charge in [-0.3, -0.25) is 14.5 Å². The number of benzene rings is 1. The van der Waals surface area contributed by atoms with Crippen molar-refractivity contribution in [3.8, 4) is 0 Å². The zero-order valence-electron chi connectivity index (χ0n) is 13.2. The number of nitrogens with one attached hydrogen (secondary N) is 1. The maximum Gasteiger partial charge on any atom is 0.272 e. The second-order valence-electron chi connectivity index (χ2n) is 5.37. The van der Waals surface area contributed by atoms with E-state index < -0.39 is 0 Å². The van der Waals surface area contributed by atoms with Crippen LogP contribution in [0.15, 0.2) is 41.6 Å². The highest BCUT2D eigenvalue weighted by molar-refractivity contribution is 6.06. The first-order valence-electron chi connectivity index (χ1n) is 7.24. The number of hydrazone groups is 1. The lowest BCUT2D eigenvalue weighted by molar-refractivity contribution is 0.0956. The number of para-hydroxylation sites is 1. The third-order valence-electron chi connectivity index (χ3n) is 3.51. The topological polar surface area (TPSA) is 72.2 Å². The highest BCUT2D eigenvalue weighted by atomic mass is 16.2. The van der Waals surface area contributed by atoms with Crippen molar-refractivity contribution < 1.29 is 4.79 Å². The largest absolute Gasteiger partial charge is 0.275 e. The van der Waals surface area contributed by atoms with Crippen LogP contribution in [0.5, 0.6) is 0 Å². The standard InChI is InChI=1S/C17H17N5O/c1-11-8-15(14-6-4-5-7-16(14)19-11)17(23)20-18-9-13-10-22(3)21-12(13)2/h4-10H,1-3H3,(H,20,23). The molecule has 1 N–H and O–H groups in total. The van der Waals surface area contributed by atoms with Gasteiger partial charge < -0.3 is 0 Å². The van der Waals surface area contributed by atoms with E-state index in [-0.39, 0.29) is 5.91 Å². The second kappa shape index (κ2) is 6.00. The minimum atomic E-state index is -0.260. The zero-order chi connectivity index (χ0) is 16.4. The first-order chi connectivity index (χ1) is 11.0. The minimum Gasteiger partial charge on any atom is -0.275 e. The van der Waals surface area contributed by atoms with Gasteiger partial charge in [0.2, 0.25) is 0 Å². The minimum absolute atomic E-state index is 0.260. The van der Waals surface area contributed by atoms with Gasteiger partial charge in [0.05, 0.1) is 23.0 Å². The second-order valence-corrected chi connectivity index (χ2v) is 5.37. The molecule has 2 aromatic heterocycles. The van der Waals surface area contributed by atoms with E-state index >= 15 is 0 Å². The number of aryl methyl sites for hydroxylation is 3. The quantitative estimate of drug-likeness (QED) is 0.596. The van der Waals surface area contributed by atoms with E-state index in [2.05, 4.69) is 20.6 Å². The SMILES string of the molecule is Cc1cc(C(=O)NN=Cc2cn(C)nc2C)c2ccccc2n1. The third kappa shape index (κ3) is 3.11. The molecule has 0 radical (unpaired) electrons. The van der Waals surface area contributed by atoms with Crippen molar-refractivity contribution in [2.24, 2.45) is 12.1 Å². The molecule has 116 valence electrons. The van der Waals surface area contributed by atoms with Gasteiger partial charge in [-0.25, -0.2) is 5.43 Å². The first kappa shape index (κ1) is 14.9. The number of hydrogen-bond acceptors (Lipinski definition) is 4. The van der Waals surface area contributed by atoms with Crippen LogP contribution in [-0.2, 0) is 7.05 Å². The average Bonchev–Trinajstić information content (AvgIpc) is 2.84. The molecule has 1 aromatic carbocycles. The smallest absolute Gasteiger partial charge is 0.272 e. The summed E-state index contributed by atoms with van der Waals surface area (Å²) in [5.41, 5.74) is 6.44. The predicted octanol–water partition coefficient (Wildman–Crippen LogP) is 2.35. The molecule has 0 atom stereocenters. The average molecular weight is 307 g/mol. The molecule has 0 fully saturated rings. The molecule has 23 heavy (non-hydrogen) atoms. The van der Waals surface area contributed by atoms with Crippen LogP contribution < -0.4 is 5.43 Å². The van der Waals surface area contributed by atoms with E-state index in [1.807, 2.05) is 51.4 Å². The summed E-state index contributed by atoms with van der Waals surface area (Å²) in [6, 6.07) is 9.33. The Labute approximate surface area is 133 Å². The van der Waals surface area contributed by atoms with E-state index in [4.69, 9.17) is 0 Å². The van der Waals surface area contributed by atoms with E-state index in [9.17, 15) is 4.79 Å². The highest BCUT2D eigenvalue weighted by Gasteiger charge is 2.11. The molecule has 6 nitrogen and oxygen atoms in total. The summed E-state index contributed by atoms with van der Waals surface area (Å²) in [7, 11) is 1.84. The summed E-state index contributed by atoms with van der Waals surface area (Å²) in [5, 5.41) is 9.06. The van der Waals surface area contributed by atoms with Gasteiger partial charge in [-0.1, -0.05) is 18.2 Å². The molecule has 3 rings (SSSR count). The monoisotopic (exact) mass is 307 g/mol. The fourth-order valence-electron chi connectivity index (χ4n) is 2.46. The molecule has 0 spiro atoms. The van der Waals surface area contributed by atoms with E-state index in [0.717, 1.165) is 27.9 Å². The molecule has 0 saturated heterocycles. The van der Waals surface area contributed by atoms with Gasteiger partial charge in [0, 0.05) is 29.9 Å². The highest BCUT2D eigenvalue weighted by Crippen LogP contribution is 2.18. The van der Waals surface area contributed by atoms with Crippen LogP contribution in [0.2, 0.25) is 0 Å². The molecule has 1 amide bonds. The van der Waals surface area contributed by atoms with E-state index in [0.29, 0.717) is 5.56 Å². The molecule has 0 aliphatic carbocycles. The van der Waals surface area contributed by atoms with Gasteiger partial charge in [0.15, 0.2) is 0 Å². The van der Waals surface area contributed by atoms with Crippen molar-refractivity contribution in [1.29, 1.82) is 0 Å². The van der Waals surface area contributed by atoms with Crippen molar-refractivity contribution in [1.82, 2.24) is 20.2 Å². The fraction of sp³-hybridized carbons (Fsp3) is 0.176. The van der Waals surface area contributed by atoms with Crippen LogP contribution in [0.25, 0.3) is 10.9 Å². The van der Waals surface area contributed by atoms with Crippen molar-refractivity contribution in [3.05, 3.63) is 59.0 Å². The number of amides is 1. The van der Waals surface area contributed by atoms with E-state index in [1.54, 1.807) is 17.0 Å². The summed E-state index contributed by atoms with van der Waals surface area (Å²) in [6.45, 7) is 3.76. The Morgan fingerprint density at radius 2 is 2.09 bits per heavy atom. The van der Waals surface area contributed by atoms with Gasteiger partial charge in [-0.05, 0) is 26.0 Å². The van der Waals surface area contributed by atoms with E-state index in [1.165, 1.54) is 0 Å². The van der Waals surface area contributed by atoms with Crippen LogP contribution in [0, 0.1) is 13.8 Å². The molecule has 0 aliphatic rings. The maximum atomic E-state index is 12.4. The molecular formula is C17H17N5O. The summed E-state index contributed by atoms with van der Waals surface area (Å²) in [5.74, 6) is -0.260. The van der Waals surface area contributed by atoms with Gasteiger partial charge in [-0.15, -0.1) is 0 Å². The molecular weight excluding hydrogens is 290 g/mol. The Morgan fingerprint density at radius 1 is 1.30 bits per heavy atom. The predicted molar refractivity (Wildman–Crippen MR) is 89.5 cm³/mol. The van der Waals surface area contributed by atoms with Crippen LogP contribution in [0.1, 0.15) is 27.3 Å². The lowest BCUT2D eigenvalue weighted by Gasteiger charge is -2.06. The summed E-state index contributed by atoms with van der Waals surface area (Å²) < 4.78 is 1.71. The number of pyridine rings is 1. The van der Waals surface area contributed by atoms with Crippen LogP contribution >= 0.6 is 0 Å². The summed E-state index contributed by atoms with van der Waals surface area (Å²) >= 11 is 0. The first-order valence-corrected chi connectivity index (χ1v) is 7.24. The number of carbonyl (C=O) groups is 1. The molecule has 6 heteroatoms. The van der Waals surface area contributed by atoms with Gasteiger partial charge in [0.25, 0.3) is 5.91 Å². The summed E-state index contributed by atoms with van der Waals surface area (Å²) in [4.78, 5) is 16.8. The van der Waals surface area contributed by atoms with Crippen molar-refractivity contribution in [2.45, 2.75) is 13.8 Å². The number of fused-ring (bicyclic) bond motifs is 1. The number of carbonyl (C=O) groups excluding carboxylic acids is 1. The van der Waals surface area contributed by atoms with Crippen LogP contribution in [0.3, 0.4) is 0 Å². The molecule has 0 unspecified atom stereocenters. The number of hydrogen-bond donors (Lipinski definition) is 1. The molecule has 2 heterocycles. The maximum absolute atomic E-state index is 12.4. The Morgan fingerprint density at radius 3 is 2.83 bits per heavy atom. The molecule has 0 aliphatic heterocycles. The molecule has 3 aromatic rings. The molecule has 0 saturated carbocycles. The normalized spacial score (nSPS) is 11.3. The Hall–Kier alpha value is -3.02. The number of rotatable bonds is 3. The van der Waals surface area contributed by atoms with Gasteiger partial charge in [-0.2, -0.15) is 10.2 Å². The van der Waals surface area contributed by atoms with Crippen LogP contribution in [0.4, 0.5) is 0 Å². The zero-order valence-corrected chi connectivity index (χ0v) is 13.2. The lowest BCUT2D eigenvalue weighted by Crippen LogP contribution is -2.18. The van der Waals surface area contributed by atoms with Crippen LogP contribution in [-0.4, -0.2) is 26.9 Å². The molecule has 0 bridgehead atoms. The van der Waals surface area contributed by atoms with Gasteiger partial charge in [0.1, 0.15) is 0 Å². The van der Waals surface area contributed by atoms with Crippen molar-refractivity contribution in [2.75, 3.05) is 0 Å². The van der Waals surface area contributed by atoms with Gasteiger partial charge >= 0.3 is 0 Å². The van der Waals surface area contributed by atoms with Crippen molar-refractivity contribution >= 4 is 23.0 Å². The number of aromatic nitrogens is 3. The Balaban J connectivity index is 1.85. The third-order valence-corrected chi connectivity index (χ3v) is 3.51.